The van der Waals surface area contributed by atoms with Crippen LogP contribution < -0.4 is 0 Å². The van der Waals surface area contributed by atoms with Gasteiger partial charge in [-0.15, -0.1) is 0 Å². The normalized spacial score (nSPS) is 42.9. The molecule has 7 nitrogen and oxygen atoms in total. The van der Waals surface area contributed by atoms with Crippen LogP contribution in [0.3, 0.4) is 0 Å². The monoisotopic (exact) mass is 514 g/mol. The van der Waals surface area contributed by atoms with Gasteiger partial charge in [0.25, 0.3) is 0 Å². The van der Waals surface area contributed by atoms with Crippen molar-refractivity contribution in [1.82, 2.24) is 0 Å². The molecular formula is C30H42O7. The molecule has 37 heavy (non-hydrogen) atoms. The third-order valence-corrected chi connectivity index (χ3v) is 10.8. The maximum atomic E-state index is 14.2. The predicted octanol–water partition coefficient (Wildman–Crippen LogP) is 3.62. The molecule has 8 atom stereocenters. The van der Waals surface area contributed by atoms with Crippen LogP contribution in [0.5, 0.6) is 0 Å². The standard InChI is InChI=1S/C30H42O7/c1-25(2,36)12-11-21(33)30(8,37)23-19(32)14-27(5)20-10-9-16-17(13-18(31)24(35)26(16,3)4)29(20,7)22(34)15-28(23,27)6/h9,11-13,17,19-20,23,31-32,36-37H,10,14-15H2,1-8H3/b12-11+/t17?,19-,20?,23?,27+,28-,29+,30?/m1/s1. The van der Waals surface area contributed by atoms with E-state index < -0.39 is 56.6 Å². The Labute approximate surface area is 219 Å². The molecule has 4 aliphatic rings. The highest BCUT2D eigenvalue weighted by molar-refractivity contribution is 6.02. The van der Waals surface area contributed by atoms with Crippen LogP contribution in [0.2, 0.25) is 0 Å². The number of hydrogen-bond acceptors (Lipinski definition) is 7. The van der Waals surface area contributed by atoms with Crippen molar-refractivity contribution in [3.8, 4) is 0 Å². The van der Waals surface area contributed by atoms with E-state index in [0.29, 0.717) is 12.8 Å². The Balaban J connectivity index is 1.82. The summed E-state index contributed by atoms with van der Waals surface area (Å²) in [4.78, 5) is 40.1. The second-order valence-electron chi connectivity index (χ2n) is 13.9. The van der Waals surface area contributed by atoms with Crippen LogP contribution in [0.4, 0.5) is 0 Å². The Morgan fingerprint density at radius 3 is 2.22 bits per heavy atom. The van der Waals surface area contributed by atoms with Crippen molar-refractivity contribution in [3.63, 3.8) is 0 Å². The lowest BCUT2D eigenvalue weighted by molar-refractivity contribution is -0.179. The zero-order valence-corrected chi connectivity index (χ0v) is 23.3. The van der Waals surface area contributed by atoms with Gasteiger partial charge in [-0.1, -0.05) is 38.5 Å². The Hall–Kier alpha value is -2.09. The van der Waals surface area contributed by atoms with E-state index in [-0.39, 0.29) is 29.7 Å². The molecule has 0 aromatic heterocycles. The highest BCUT2D eigenvalue weighted by Gasteiger charge is 2.74. The number of allylic oxidation sites excluding steroid dienone is 4. The lowest BCUT2D eigenvalue weighted by Gasteiger charge is -2.63. The molecule has 2 saturated carbocycles. The van der Waals surface area contributed by atoms with Crippen LogP contribution in [0.25, 0.3) is 0 Å². The molecule has 4 aliphatic carbocycles. The van der Waals surface area contributed by atoms with E-state index in [2.05, 4.69) is 0 Å². The Morgan fingerprint density at radius 2 is 1.65 bits per heavy atom. The molecule has 0 bridgehead atoms. The third kappa shape index (κ3) is 3.60. The highest BCUT2D eigenvalue weighted by Crippen LogP contribution is 2.73. The van der Waals surface area contributed by atoms with Crippen molar-refractivity contribution >= 4 is 17.3 Å². The number of hydrogen-bond donors (Lipinski definition) is 4. The number of ketones is 3. The van der Waals surface area contributed by atoms with Gasteiger partial charge in [-0.2, -0.15) is 0 Å². The molecule has 4 unspecified atom stereocenters. The molecule has 0 radical (unpaired) electrons. The zero-order chi connectivity index (χ0) is 28.1. The fourth-order valence-corrected chi connectivity index (χ4v) is 8.58. The van der Waals surface area contributed by atoms with Crippen LogP contribution in [-0.2, 0) is 14.4 Å². The van der Waals surface area contributed by atoms with Crippen LogP contribution >= 0.6 is 0 Å². The van der Waals surface area contributed by atoms with Crippen LogP contribution in [0.15, 0.2) is 35.6 Å². The topological polar surface area (TPSA) is 132 Å². The number of aliphatic hydroxyl groups excluding tert-OH is 2. The first-order valence-electron chi connectivity index (χ1n) is 13.2. The number of Topliss-reactive ketones (excluding diaryl/α,β-unsaturated/α-hetero) is 2. The van der Waals surface area contributed by atoms with Crippen molar-refractivity contribution in [2.75, 3.05) is 0 Å². The maximum Gasteiger partial charge on any atom is 0.206 e. The Bertz CT molecular complexity index is 1150. The summed E-state index contributed by atoms with van der Waals surface area (Å²) < 4.78 is 0. The van der Waals surface area contributed by atoms with Crippen LogP contribution in [-0.4, -0.2) is 55.1 Å². The summed E-state index contributed by atoms with van der Waals surface area (Å²) in [7, 11) is 0. The van der Waals surface area contributed by atoms with Crippen LogP contribution in [0.1, 0.15) is 74.7 Å². The second kappa shape index (κ2) is 7.96. The number of rotatable bonds is 4. The SMILES string of the molecule is CC(C)(O)/C=C/C(=O)C(C)(O)C1[C@H](O)C[C@@]2(C)C3CC=C4C(C=C(O)C(=O)C4(C)C)[C@]3(C)C(=O)C[C@]12C. The first kappa shape index (κ1) is 27.9. The summed E-state index contributed by atoms with van der Waals surface area (Å²) in [5, 5.41) is 43.6. The van der Waals surface area contributed by atoms with Gasteiger partial charge in [-0.05, 0) is 76.4 Å². The van der Waals surface area contributed by atoms with Crippen molar-refractivity contribution in [1.29, 1.82) is 0 Å². The van der Waals surface area contributed by atoms with Gasteiger partial charge in [-0.3, -0.25) is 14.4 Å². The van der Waals surface area contributed by atoms with E-state index in [4.69, 9.17) is 0 Å². The number of fused-ring (bicyclic) bond motifs is 5. The van der Waals surface area contributed by atoms with Crippen LogP contribution in [0, 0.1) is 39.4 Å². The van der Waals surface area contributed by atoms with Crippen molar-refractivity contribution < 1.29 is 34.8 Å². The van der Waals surface area contributed by atoms with E-state index in [9.17, 15) is 34.8 Å². The van der Waals surface area contributed by atoms with E-state index in [1.807, 2.05) is 26.8 Å². The molecule has 0 spiro atoms. The summed E-state index contributed by atoms with van der Waals surface area (Å²) in [6.45, 7) is 13.8. The van der Waals surface area contributed by atoms with E-state index in [1.54, 1.807) is 13.8 Å². The summed E-state index contributed by atoms with van der Waals surface area (Å²) in [5.74, 6) is -2.98. The molecular weight excluding hydrogens is 472 g/mol. The summed E-state index contributed by atoms with van der Waals surface area (Å²) in [5.41, 5.74) is -5.75. The molecule has 0 aromatic rings. The number of aliphatic hydroxyl groups is 4. The first-order valence-corrected chi connectivity index (χ1v) is 13.2. The van der Waals surface area contributed by atoms with Crippen molar-refractivity contribution in [2.24, 2.45) is 39.4 Å². The zero-order valence-electron chi connectivity index (χ0n) is 23.3. The van der Waals surface area contributed by atoms with Gasteiger partial charge in [0.05, 0.1) is 17.1 Å². The highest BCUT2D eigenvalue weighted by atomic mass is 16.3. The second-order valence-corrected chi connectivity index (χ2v) is 13.9. The molecule has 4 N–H and O–H groups in total. The minimum atomic E-state index is -1.96. The van der Waals surface area contributed by atoms with E-state index >= 15 is 0 Å². The summed E-state index contributed by atoms with van der Waals surface area (Å²) in [6.07, 6.45) is 5.85. The van der Waals surface area contributed by atoms with Gasteiger partial charge in [-0.25, -0.2) is 0 Å². The Kier molecular flexibility index (Phi) is 6.01. The van der Waals surface area contributed by atoms with Gasteiger partial charge in [0.1, 0.15) is 11.4 Å². The quantitative estimate of drug-likeness (QED) is 0.333. The molecule has 0 heterocycles. The van der Waals surface area contributed by atoms with E-state index in [0.717, 1.165) is 11.6 Å². The van der Waals surface area contributed by atoms with Gasteiger partial charge < -0.3 is 20.4 Å². The maximum absolute atomic E-state index is 14.2. The molecule has 4 rings (SSSR count). The third-order valence-electron chi connectivity index (χ3n) is 10.8. The summed E-state index contributed by atoms with van der Waals surface area (Å²) in [6, 6.07) is 0. The largest absolute Gasteiger partial charge is 0.505 e. The van der Waals surface area contributed by atoms with E-state index in [1.165, 1.54) is 32.9 Å². The molecule has 0 amide bonds. The van der Waals surface area contributed by atoms with Gasteiger partial charge in [0.2, 0.25) is 5.78 Å². The average molecular weight is 515 g/mol. The molecule has 0 saturated heterocycles. The fraction of sp³-hybridized carbons (Fsp3) is 0.700. The number of carbonyl (C=O) groups is 3. The van der Waals surface area contributed by atoms with Crippen molar-refractivity contribution in [2.45, 2.75) is 92.0 Å². The van der Waals surface area contributed by atoms with Gasteiger partial charge >= 0.3 is 0 Å². The Morgan fingerprint density at radius 1 is 1.05 bits per heavy atom. The van der Waals surface area contributed by atoms with Crippen molar-refractivity contribution in [3.05, 3.63) is 35.6 Å². The average Bonchev–Trinajstić information content (AvgIpc) is 2.96. The molecule has 0 aromatic carbocycles. The molecule has 7 heteroatoms. The number of carbonyl (C=O) groups excluding carboxylic acids is 3. The molecule has 204 valence electrons. The minimum absolute atomic E-state index is 0.0453. The lowest BCUT2D eigenvalue weighted by Crippen LogP contribution is -2.64. The molecule has 0 aliphatic heterocycles. The minimum Gasteiger partial charge on any atom is -0.505 e. The first-order chi connectivity index (χ1) is 16.7. The van der Waals surface area contributed by atoms with Gasteiger partial charge in [0.15, 0.2) is 11.5 Å². The predicted molar refractivity (Wildman–Crippen MR) is 138 cm³/mol. The summed E-state index contributed by atoms with van der Waals surface area (Å²) >= 11 is 0. The lowest BCUT2D eigenvalue weighted by atomic mass is 9.39. The van der Waals surface area contributed by atoms with Gasteiger partial charge in [0, 0.05) is 23.7 Å². The fourth-order valence-electron chi connectivity index (χ4n) is 8.58. The molecule has 2 fully saturated rings. The smallest absolute Gasteiger partial charge is 0.206 e.